The Kier molecular flexibility index (Phi) is 2.75. The van der Waals surface area contributed by atoms with E-state index in [1.165, 1.54) is 11.3 Å². The number of amides is 2. The van der Waals surface area contributed by atoms with Crippen molar-refractivity contribution in [2.24, 2.45) is 5.10 Å². The summed E-state index contributed by atoms with van der Waals surface area (Å²) in [5.74, 6) is -0.667. The van der Waals surface area contributed by atoms with Gasteiger partial charge in [0.1, 0.15) is 5.71 Å². The van der Waals surface area contributed by atoms with Crippen LogP contribution < -0.4 is 10.7 Å². The van der Waals surface area contributed by atoms with Crippen molar-refractivity contribution in [3.8, 4) is 0 Å². The maximum absolute atomic E-state index is 11.8. The average Bonchev–Trinajstić information content (AvgIpc) is 2.94. The van der Waals surface area contributed by atoms with Crippen LogP contribution in [-0.4, -0.2) is 22.5 Å². The predicted molar refractivity (Wildman–Crippen MR) is 73.2 cm³/mol. The summed E-state index contributed by atoms with van der Waals surface area (Å²) in [6.07, 6.45) is 0.00976. The first-order valence-electron chi connectivity index (χ1n) is 5.66. The van der Waals surface area contributed by atoms with Crippen molar-refractivity contribution in [2.75, 3.05) is 5.32 Å². The summed E-state index contributed by atoms with van der Waals surface area (Å²) >= 11 is 1.40. The number of hydrogen-bond donors (Lipinski definition) is 2. The van der Waals surface area contributed by atoms with Gasteiger partial charge in [-0.25, -0.2) is 10.4 Å². The van der Waals surface area contributed by atoms with E-state index in [-0.39, 0.29) is 18.0 Å². The van der Waals surface area contributed by atoms with Gasteiger partial charge in [0.05, 0.1) is 16.6 Å². The molecule has 0 radical (unpaired) electrons. The summed E-state index contributed by atoms with van der Waals surface area (Å²) in [4.78, 5) is 27.1. The smallest absolute Gasteiger partial charge is 0.274 e. The molecular formula is C12H10N4O2S. The molecule has 96 valence electrons. The summed E-state index contributed by atoms with van der Waals surface area (Å²) in [7, 11) is 0. The molecule has 0 bridgehead atoms. The second-order valence-corrected chi connectivity index (χ2v) is 5.25. The van der Waals surface area contributed by atoms with Crippen molar-refractivity contribution in [1.29, 1.82) is 0 Å². The summed E-state index contributed by atoms with van der Waals surface area (Å²) < 4.78 is 1.01. The molecule has 0 aliphatic carbocycles. The Balaban J connectivity index is 1.81. The molecule has 0 atom stereocenters. The molecule has 2 aromatic rings. The SMILES string of the molecule is Cc1ccc2nc(NC(=O)C3=NNC(=O)C3)sc2c1. The van der Waals surface area contributed by atoms with Crippen molar-refractivity contribution < 1.29 is 9.59 Å². The van der Waals surface area contributed by atoms with E-state index in [0.29, 0.717) is 5.13 Å². The van der Waals surface area contributed by atoms with Crippen LogP contribution in [0, 0.1) is 6.92 Å². The first kappa shape index (κ1) is 11.8. The molecule has 2 N–H and O–H groups in total. The molecule has 0 saturated heterocycles. The van der Waals surface area contributed by atoms with E-state index in [2.05, 4.69) is 20.8 Å². The molecule has 7 heteroatoms. The minimum Gasteiger partial charge on any atom is -0.297 e. The number of benzene rings is 1. The summed E-state index contributed by atoms with van der Waals surface area (Å²) in [6.45, 7) is 2.00. The standard InChI is InChI=1S/C12H10N4O2S/c1-6-2-3-7-9(4-6)19-12(13-7)14-11(18)8-5-10(17)16-15-8/h2-4H,5H2,1H3,(H,16,17)(H,13,14,18). The van der Waals surface area contributed by atoms with E-state index >= 15 is 0 Å². The molecule has 0 spiro atoms. The van der Waals surface area contributed by atoms with Gasteiger partial charge >= 0.3 is 0 Å². The van der Waals surface area contributed by atoms with Crippen LogP contribution in [0.5, 0.6) is 0 Å². The first-order chi connectivity index (χ1) is 9.11. The van der Waals surface area contributed by atoms with Gasteiger partial charge in [0, 0.05) is 0 Å². The van der Waals surface area contributed by atoms with Gasteiger partial charge in [-0.1, -0.05) is 17.4 Å². The van der Waals surface area contributed by atoms with Gasteiger partial charge in [-0.15, -0.1) is 0 Å². The molecule has 2 amide bonds. The second-order valence-electron chi connectivity index (χ2n) is 4.21. The number of aryl methyl sites for hydroxylation is 1. The number of nitrogens with one attached hydrogen (secondary N) is 2. The highest BCUT2D eigenvalue weighted by molar-refractivity contribution is 7.22. The molecule has 0 fully saturated rings. The number of fused-ring (bicyclic) bond motifs is 1. The lowest BCUT2D eigenvalue weighted by molar-refractivity contribution is -0.119. The number of anilines is 1. The third kappa shape index (κ3) is 2.32. The molecule has 2 heterocycles. The normalized spacial score (nSPS) is 14.4. The zero-order valence-electron chi connectivity index (χ0n) is 10.1. The maximum Gasteiger partial charge on any atom is 0.274 e. The van der Waals surface area contributed by atoms with Crippen LogP contribution in [0.4, 0.5) is 5.13 Å². The van der Waals surface area contributed by atoms with Crippen molar-refractivity contribution in [1.82, 2.24) is 10.4 Å². The van der Waals surface area contributed by atoms with E-state index in [1.54, 1.807) is 0 Å². The van der Waals surface area contributed by atoms with Crippen LogP contribution in [0.1, 0.15) is 12.0 Å². The lowest BCUT2D eigenvalue weighted by Gasteiger charge is -1.97. The maximum atomic E-state index is 11.8. The molecule has 1 aromatic carbocycles. The van der Waals surface area contributed by atoms with Gasteiger partial charge in [-0.3, -0.25) is 14.9 Å². The third-order valence-electron chi connectivity index (χ3n) is 2.67. The number of aromatic nitrogens is 1. The minimum absolute atomic E-state index is 0.00976. The number of thiazole rings is 1. The van der Waals surface area contributed by atoms with Gasteiger partial charge in [-0.2, -0.15) is 5.10 Å². The molecule has 0 unspecified atom stereocenters. The van der Waals surface area contributed by atoms with Crippen LogP contribution in [0.3, 0.4) is 0 Å². The molecule has 1 aliphatic heterocycles. The van der Waals surface area contributed by atoms with E-state index in [0.717, 1.165) is 15.8 Å². The number of carbonyl (C=O) groups is 2. The van der Waals surface area contributed by atoms with Gasteiger partial charge in [0.25, 0.3) is 5.91 Å². The van der Waals surface area contributed by atoms with Gasteiger partial charge in [0.2, 0.25) is 5.91 Å². The van der Waals surface area contributed by atoms with Crippen molar-refractivity contribution in [3.63, 3.8) is 0 Å². The number of carbonyl (C=O) groups excluding carboxylic acids is 2. The van der Waals surface area contributed by atoms with Crippen LogP contribution in [-0.2, 0) is 9.59 Å². The van der Waals surface area contributed by atoms with Gasteiger partial charge in [-0.05, 0) is 24.6 Å². The monoisotopic (exact) mass is 274 g/mol. The Morgan fingerprint density at radius 3 is 3.05 bits per heavy atom. The Morgan fingerprint density at radius 1 is 1.47 bits per heavy atom. The van der Waals surface area contributed by atoms with E-state index in [4.69, 9.17) is 0 Å². The van der Waals surface area contributed by atoms with Crippen LogP contribution >= 0.6 is 11.3 Å². The fraction of sp³-hybridized carbons (Fsp3) is 0.167. The van der Waals surface area contributed by atoms with E-state index < -0.39 is 5.91 Å². The fourth-order valence-electron chi connectivity index (χ4n) is 1.75. The Bertz CT molecular complexity index is 720. The Morgan fingerprint density at radius 2 is 2.32 bits per heavy atom. The lowest BCUT2D eigenvalue weighted by Crippen LogP contribution is -2.21. The van der Waals surface area contributed by atoms with Gasteiger partial charge < -0.3 is 0 Å². The lowest BCUT2D eigenvalue weighted by atomic mass is 10.2. The van der Waals surface area contributed by atoms with Gasteiger partial charge in [0.15, 0.2) is 5.13 Å². The number of hydrazone groups is 1. The summed E-state index contributed by atoms with van der Waals surface area (Å²) in [5.41, 5.74) is 4.41. The molecule has 3 rings (SSSR count). The predicted octanol–water partition coefficient (Wildman–Crippen LogP) is 1.42. The highest BCUT2D eigenvalue weighted by atomic mass is 32.1. The number of hydrogen-bond acceptors (Lipinski definition) is 5. The topological polar surface area (TPSA) is 83.4 Å². The molecular weight excluding hydrogens is 264 g/mol. The van der Waals surface area contributed by atoms with E-state index in [9.17, 15) is 9.59 Å². The van der Waals surface area contributed by atoms with Crippen molar-refractivity contribution in [3.05, 3.63) is 23.8 Å². The first-order valence-corrected chi connectivity index (χ1v) is 6.47. The molecule has 19 heavy (non-hydrogen) atoms. The van der Waals surface area contributed by atoms with Crippen molar-refractivity contribution in [2.45, 2.75) is 13.3 Å². The quantitative estimate of drug-likeness (QED) is 0.868. The molecule has 6 nitrogen and oxygen atoms in total. The molecule has 1 aliphatic rings. The third-order valence-corrected chi connectivity index (χ3v) is 3.60. The van der Waals surface area contributed by atoms with E-state index in [1.807, 2.05) is 25.1 Å². The zero-order valence-corrected chi connectivity index (χ0v) is 10.9. The molecule has 1 aromatic heterocycles. The Labute approximate surface area is 112 Å². The second kappa shape index (κ2) is 4.43. The van der Waals surface area contributed by atoms with Crippen LogP contribution in [0.2, 0.25) is 0 Å². The summed E-state index contributed by atoms with van der Waals surface area (Å²) in [6, 6.07) is 5.90. The minimum atomic E-state index is -0.394. The highest BCUT2D eigenvalue weighted by Gasteiger charge is 2.22. The van der Waals surface area contributed by atoms with Crippen molar-refractivity contribution >= 4 is 44.2 Å². The summed E-state index contributed by atoms with van der Waals surface area (Å²) in [5, 5.41) is 6.83. The number of nitrogens with zero attached hydrogens (tertiary/aromatic N) is 2. The van der Waals surface area contributed by atoms with Crippen LogP contribution in [0.25, 0.3) is 10.2 Å². The molecule has 0 saturated carbocycles. The zero-order chi connectivity index (χ0) is 13.4. The number of rotatable bonds is 2. The highest BCUT2D eigenvalue weighted by Crippen LogP contribution is 2.26. The Hall–Kier alpha value is -2.28. The largest absolute Gasteiger partial charge is 0.297 e. The average molecular weight is 274 g/mol. The fourth-order valence-corrected chi connectivity index (χ4v) is 2.71. The van der Waals surface area contributed by atoms with Crippen LogP contribution in [0.15, 0.2) is 23.3 Å².